The summed E-state index contributed by atoms with van der Waals surface area (Å²) in [4.78, 5) is 28.4. The van der Waals surface area contributed by atoms with Crippen LogP contribution in [0.4, 0.5) is 0 Å². The normalized spacial score (nSPS) is 19.9. The van der Waals surface area contributed by atoms with Crippen molar-refractivity contribution in [3.8, 4) is 0 Å². The first-order valence-corrected chi connectivity index (χ1v) is 9.18. The number of amides is 1. The number of hydrogen-bond donors (Lipinski definition) is 1. The average molecular weight is 316 g/mol. The predicted octanol–water partition coefficient (Wildman–Crippen LogP) is 0.243. The number of carbonyl (C=O) groups excluding carboxylic acids is 1. The lowest BCUT2D eigenvalue weighted by molar-refractivity contribution is 0.0748. The molecule has 1 aliphatic heterocycles. The van der Waals surface area contributed by atoms with Crippen LogP contribution in [0.25, 0.3) is 0 Å². The van der Waals surface area contributed by atoms with Gasteiger partial charge in [-0.3, -0.25) is 9.59 Å². The molecule has 2 rings (SSSR count). The largest absolute Gasteiger partial charge is 0.364 e. The smallest absolute Gasteiger partial charge is 0.260 e. The van der Waals surface area contributed by atoms with Crippen LogP contribution >= 0.6 is 11.8 Å². The van der Waals surface area contributed by atoms with Crippen molar-refractivity contribution in [2.45, 2.75) is 12.3 Å². The van der Waals surface area contributed by atoms with Crippen LogP contribution in [0.3, 0.4) is 0 Å². The summed E-state index contributed by atoms with van der Waals surface area (Å²) in [5, 5.41) is -0.866. The van der Waals surface area contributed by atoms with E-state index in [-0.39, 0.29) is 5.56 Å². The van der Waals surface area contributed by atoms with Crippen LogP contribution in [0, 0.1) is 6.92 Å². The lowest BCUT2D eigenvalue weighted by Crippen LogP contribution is -2.50. The summed E-state index contributed by atoms with van der Waals surface area (Å²) in [6.45, 7) is 2.04. The molecule has 0 aromatic carbocycles. The van der Waals surface area contributed by atoms with E-state index in [0.29, 0.717) is 23.7 Å². The van der Waals surface area contributed by atoms with E-state index in [2.05, 4.69) is 4.98 Å². The summed E-state index contributed by atoms with van der Waals surface area (Å²) in [6.07, 6.45) is 2.46. The number of nitrogens with one attached hydrogen (secondary N) is 1. The Bertz CT molecular complexity index is 681. The first-order valence-electron chi connectivity index (χ1n) is 6.07. The van der Waals surface area contributed by atoms with Gasteiger partial charge in [-0.25, -0.2) is 8.42 Å². The van der Waals surface area contributed by atoms with Gasteiger partial charge in [-0.15, -0.1) is 0 Å². The van der Waals surface area contributed by atoms with Crippen LogP contribution in [-0.4, -0.2) is 53.9 Å². The Morgan fingerprint density at radius 3 is 2.80 bits per heavy atom. The maximum absolute atomic E-state index is 12.4. The lowest BCUT2D eigenvalue weighted by atomic mass is 10.2. The molecule has 1 aliphatic rings. The van der Waals surface area contributed by atoms with Gasteiger partial charge >= 0.3 is 0 Å². The van der Waals surface area contributed by atoms with Gasteiger partial charge in [0.2, 0.25) is 0 Å². The van der Waals surface area contributed by atoms with Crippen molar-refractivity contribution < 1.29 is 13.2 Å². The third-order valence-corrected chi connectivity index (χ3v) is 5.77. The summed E-state index contributed by atoms with van der Waals surface area (Å²) in [5.41, 5.74) is 0.244. The van der Waals surface area contributed by atoms with Crippen molar-refractivity contribution in [3.05, 3.63) is 33.7 Å². The first kappa shape index (κ1) is 15.1. The standard InChI is InChI=1S/C12H16N2O4S2/c1-8-5-10(15)9(6-13-8)12(16)14-3-4-19-7-11(14)20(2,17)18/h5-6,11H,3-4,7H2,1-2H3,(H,13,15). The molecule has 0 aliphatic carbocycles. The fraction of sp³-hybridized carbons (Fsp3) is 0.500. The van der Waals surface area contributed by atoms with Crippen LogP contribution in [0.2, 0.25) is 0 Å². The number of aromatic amines is 1. The van der Waals surface area contributed by atoms with Gasteiger partial charge < -0.3 is 9.88 Å². The van der Waals surface area contributed by atoms with Gasteiger partial charge in [-0.1, -0.05) is 0 Å². The molecule has 0 saturated carbocycles. The SMILES string of the molecule is Cc1cc(=O)c(C(=O)N2CCSCC2S(C)(=O)=O)c[nH]1. The topological polar surface area (TPSA) is 87.3 Å². The lowest BCUT2D eigenvalue weighted by Gasteiger charge is -2.33. The Balaban J connectivity index is 2.38. The minimum Gasteiger partial charge on any atom is -0.364 e. The third kappa shape index (κ3) is 3.06. The average Bonchev–Trinajstić information content (AvgIpc) is 2.37. The molecular formula is C12H16N2O4S2. The molecule has 1 aromatic heterocycles. The number of sulfone groups is 1. The maximum Gasteiger partial charge on any atom is 0.260 e. The van der Waals surface area contributed by atoms with E-state index in [9.17, 15) is 18.0 Å². The van der Waals surface area contributed by atoms with Gasteiger partial charge in [0.15, 0.2) is 15.3 Å². The fourth-order valence-electron chi connectivity index (χ4n) is 2.06. The van der Waals surface area contributed by atoms with Crippen molar-refractivity contribution in [1.29, 1.82) is 0 Å². The van der Waals surface area contributed by atoms with E-state index in [1.807, 2.05) is 0 Å². The number of H-pyrrole nitrogens is 1. The Kier molecular flexibility index (Phi) is 4.24. The Morgan fingerprint density at radius 1 is 1.50 bits per heavy atom. The number of aromatic nitrogens is 1. The van der Waals surface area contributed by atoms with E-state index in [1.165, 1.54) is 28.9 Å². The summed E-state index contributed by atoms with van der Waals surface area (Å²) in [5.74, 6) is 0.484. The molecular weight excluding hydrogens is 300 g/mol. The van der Waals surface area contributed by atoms with Crippen molar-refractivity contribution >= 4 is 27.5 Å². The van der Waals surface area contributed by atoms with Gasteiger partial charge in [0.05, 0.1) is 0 Å². The van der Waals surface area contributed by atoms with Crippen LogP contribution in [0.5, 0.6) is 0 Å². The molecule has 20 heavy (non-hydrogen) atoms. The highest BCUT2D eigenvalue weighted by Gasteiger charge is 2.35. The van der Waals surface area contributed by atoms with E-state index >= 15 is 0 Å². The molecule has 1 saturated heterocycles. The third-order valence-electron chi connectivity index (χ3n) is 3.13. The summed E-state index contributed by atoms with van der Waals surface area (Å²) >= 11 is 1.49. The second-order valence-electron chi connectivity index (χ2n) is 4.75. The van der Waals surface area contributed by atoms with Crippen molar-refractivity contribution in [2.75, 3.05) is 24.3 Å². The van der Waals surface area contributed by atoms with E-state index in [1.54, 1.807) is 6.92 Å². The van der Waals surface area contributed by atoms with Gasteiger partial charge in [0.25, 0.3) is 5.91 Å². The second-order valence-corrected chi connectivity index (χ2v) is 8.10. The van der Waals surface area contributed by atoms with Crippen LogP contribution in [-0.2, 0) is 9.84 Å². The summed E-state index contributed by atoms with van der Waals surface area (Å²) < 4.78 is 23.6. The Morgan fingerprint density at radius 2 is 2.20 bits per heavy atom. The number of rotatable bonds is 2. The zero-order chi connectivity index (χ0) is 14.9. The maximum atomic E-state index is 12.4. The summed E-state index contributed by atoms with van der Waals surface area (Å²) in [6, 6.07) is 1.33. The molecule has 1 unspecified atom stereocenters. The van der Waals surface area contributed by atoms with Crippen molar-refractivity contribution in [2.24, 2.45) is 0 Å². The minimum atomic E-state index is -3.38. The van der Waals surface area contributed by atoms with E-state index in [0.717, 1.165) is 6.26 Å². The molecule has 1 amide bonds. The van der Waals surface area contributed by atoms with Crippen molar-refractivity contribution in [1.82, 2.24) is 9.88 Å². The fourth-order valence-corrected chi connectivity index (χ4v) is 4.88. The molecule has 6 nitrogen and oxygen atoms in total. The molecule has 1 aromatic rings. The zero-order valence-corrected chi connectivity index (χ0v) is 12.9. The highest BCUT2D eigenvalue weighted by Crippen LogP contribution is 2.21. The molecule has 0 bridgehead atoms. The highest BCUT2D eigenvalue weighted by molar-refractivity contribution is 8.00. The number of thioether (sulfide) groups is 1. The van der Waals surface area contributed by atoms with E-state index in [4.69, 9.17) is 0 Å². The Labute approximate surface area is 121 Å². The first-order chi connectivity index (χ1) is 9.30. The molecule has 2 heterocycles. The molecule has 0 spiro atoms. The molecule has 1 atom stereocenters. The van der Waals surface area contributed by atoms with Crippen molar-refractivity contribution in [3.63, 3.8) is 0 Å². The molecule has 1 fully saturated rings. The summed E-state index contributed by atoms with van der Waals surface area (Å²) in [7, 11) is -3.38. The number of pyridine rings is 1. The van der Waals surface area contributed by atoms with Crippen LogP contribution in [0.15, 0.2) is 17.1 Å². The van der Waals surface area contributed by atoms with Gasteiger partial charge in [-0.2, -0.15) is 11.8 Å². The molecule has 8 heteroatoms. The predicted molar refractivity (Wildman–Crippen MR) is 78.8 cm³/mol. The quantitative estimate of drug-likeness (QED) is 0.845. The van der Waals surface area contributed by atoms with E-state index < -0.39 is 26.5 Å². The van der Waals surface area contributed by atoms with Gasteiger partial charge in [-0.05, 0) is 6.92 Å². The number of hydrogen-bond acceptors (Lipinski definition) is 5. The van der Waals surface area contributed by atoms with Gasteiger partial charge in [0.1, 0.15) is 10.9 Å². The monoisotopic (exact) mass is 316 g/mol. The molecule has 1 N–H and O–H groups in total. The number of nitrogens with zero attached hydrogens (tertiary/aromatic N) is 1. The zero-order valence-electron chi connectivity index (χ0n) is 11.3. The molecule has 0 radical (unpaired) electrons. The van der Waals surface area contributed by atoms with Crippen LogP contribution in [0.1, 0.15) is 16.1 Å². The minimum absolute atomic E-state index is 0.0175. The van der Waals surface area contributed by atoms with Crippen LogP contribution < -0.4 is 5.43 Å². The number of aryl methyl sites for hydroxylation is 1. The second kappa shape index (κ2) is 5.61. The Hall–Kier alpha value is -1.28. The highest BCUT2D eigenvalue weighted by atomic mass is 32.2. The molecule has 110 valence electrons. The number of carbonyl (C=O) groups is 1. The van der Waals surface area contributed by atoms with Gasteiger partial charge in [0, 0.05) is 42.3 Å².